The van der Waals surface area contributed by atoms with Crippen LogP contribution in [0.1, 0.15) is 19.8 Å². The maximum Gasteiger partial charge on any atom is 0.160 e. The van der Waals surface area contributed by atoms with Crippen LogP contribution in [0.4, 0.5) is 0 Å². The third kappa shape index (κ3) is 7.49. The molecule has 0 unspecified atom stereocenters. The van der Waals surface area contributed by atoms with Crippen molar-refractivity contribution in [2.24, 2.45) is 0 Å². The molecule has 0 atom stereocenters. The van der Waals surface area contributed by atoms with Gasteiger partial charge in [-0.2, -0.15) is 0 Å². The number of carbonyl (C=O) groups is 1. The molecule has 66 valence electrons. The first-order valence-electron chi connectivity index (χ1n) is 3.89. The molecule has 0 bridgehead atoms. The molecule has 0 aromatic rings. The Bertz CT molecular complexity index is 102. The average Bonchev–Trinajstić information content (AvgIpc) is 2.01. The van der Waals surface area contributed by atoms with Crippen molar-refractivity contribution in [3.63, 3.8) is 0 Å². The van der Waals surface area contributed by atoms with Gasteiger partial charge >= 0.3 is 0 Å². The lowest BCUT2D eigenvalue weighted by molar-refractivity contribution is -0.124. The van der Waals surface area contributed by atoms with Crippen molar-refractivity contribution in [1.29, 1.82) is 0 Å². The van der Waals surface area contributed by atoms with Gasteiger partial charge in [0.25, 0.3) is 0 Å². The lowest BCUT2D eigenvalue weighted by Gasteiger charge is -2.00. The van der Waals surface area contributed by atoms with Crippen LogP contribution in [0.2, 0.25) is 0 Å². The van der Waals surface area contributed by atoms with Gasteiger partial charge in [0, 0.05) is 20.1 Å². The summed E-state index contributed by atoms with van der Waals surface area (Å²) in [5.74, 6) is 0.111. The van der Waals surface area contributed by atoms with Crippen LogP contribution >= 0.6 is 0 Å². The first-order chi connectivity index (χ1) is 5.31. The molecular formula is C8H16O3. The number of hydrogen-bond acceptors (Lipinski definition) is 3. The first kappa shape index (κ1) is 10.6. The van der Waals surface area contributed by atoms with Gasteiger partial charge < -0.3 is 9.47 Å². The Labute approximate surface area is 67.7 Å². The molecule has 11 heavy (non-hydrogen) atoms. The van der Waals surface area contributed by atoms with E-state index in [1.807, 2.05) is 6.92 Å². The highest BCUT2D eigenvalue weighted by Crippen LogP contribution is 1.87. The van der Waals surface area contributed by atoms with Crippen LogP contribution in [0.5, 0.6) is 0 Å². The summed E-state index contributed by atoms with van der Waals surface area (Å²) in [5, 5.41) is 0. The Balaban J connectivity index is 3.09. The number of ketones is 1. The van der Waals surface area contributed by atoms with E-state index in [1.54, 1.807) is 7.11 Å². The minimum atomic E-state index is 0.111. The summed E-state index contributed by atoms with van der Waals surface area (Å²) in [6, 6.07) is 0. The first-order valence-corrected chi connectivity index (χ1v) is 3.89. The van der Waals surface area contributed by atoms with Gasteiger partial charge in [0.1, 0.15) is 6.61 Å². The maximum absolute atomic E-state index is 10.9. The molecule has 0 aromatic heterocycles. The van der Waals surface area contributed by atoms with Crippen molar-refractivity contribution in [3.8, 4) is 0 Å². The summed E-state index contributed by atoms with van der Waals surface area (Å²) in [6.45, 7) is 3.41. The highest BCUT2D eigenvalue weighted by Gasteiger charge is 1.99. The van der Waals surface area contributed by atoms with Crippen molar-refractivity contribution in [1.82, 2.24) is 0 Å². The van der Waals surface area contributed by atoms with E-state index in [9.17, 15) is 4.79 Å². The molecule has 0 saturated carbocycles. The zero-order chi connectivity index (χ0) is 8.53. The fourth-order valence-electron chi connectivity index (χ4n) is 0.618. The highest BCUT2D eigenvalue weighted by molar-refractivity contribution is 5.79. The lowest BCUT2D eigenvalue weighted by Crippen LogP contribution is -2.11. The van der Waals surface area contributed by atoms with E-state index < -0.39 is 0 Å². The molecule has 0 heterocycles. The second kappa shape index (κ2) is 7.69. The van der Waals surface area contributed by atoms with Gasteiger partial charge in [0.05, 0.1) is 6.61 Å². The molecular weight excluding hydrogens is 144 g/mol. The molecule has 0 aliphatic rings. The van der Waals surface area contributed by atoms with Gasteiger partial charge in [-0.1, -0.05) is 6.92 Å². The summed E-state index contributed by atoms with van der Waals surface area (Å²) in [4.78, 5) is 10.9. The van der Waals surface area contributed by atoms with Crippen molar-refractivity contribution in [3.05, 3.63) is 0 Å². The average molecular weight is 160 g/mol. The van der Waals surface area contributed by atoms with Crippen molar-refractivity contribution in [2.75, 3.05) is 26.9 Å². The maximum atomic E-state index is 10.9. The molecule has 0 fully saturated rings. The van der Waals surface area contributed by atoms with Crippen LogP contribution < -0.4 is 0 Å². The summed E-state index contributed by atoms with van der Waals surface area (Å²) >= 11 is 0. The van der Waals surface area contributed by atoms with Gasteiger partial charge in [0.2, 0.25) is 0 Å². The van der Waals surface area contributed by atoms with Gasteiger partial charge in [-0.15, -0.1) is 0 Å². The second-order valence-electron chi connectivity index (χ2n) is 2.33. The van der Waals surface area contributed by atoms with E-state index in [0.717, 1.165) is 6.42 Å². The Hall–Kier alpha value is -0.410. The highest BCUT2D eigenvalue weighted by atomic mass is 16.5. The molecule has 0 radical (unpaired) electrons. The second-order valence-corrected chi connectivity index (χ2v) is 2.33. The number of methoxy groups -OCH3 is 1. The molecule has 0 aliphatic heterocycles. The van der Waals surface area contributed by atoms with Crippen LogP contribution in [0, 0.1) is 0 Å². The lowest BCUT2D eigenvalue weighted by atomic mass is 10.3. The summed E-state index contributed by atoms with van der Waals surface area (Å²) < 4.78 is 9.78. The van der Waals surface area contributed by atoms with Gasteiger partial charge in [0.15, 0.2) is 5.78 Å². The van der Waals surface area contributed by atoms with E-state index in [4.69, 9.17) is 9.47 Å². The van der Waals surface area contributed by atoms with Crippen molar-refractivity contribution < 1.29 is 14.3 Å². The standard InChI is InChI=1S/C8H16O3/c1-3-5-11-7-8(9)4-6-10-2/h3-7H2,1-2H3. The minimum absolute atomic E-state index is 0.111. The molecule has 0 N–H and O–H groups in total. The van der Waals surface area contributed by atoms with E-state index in [1.165, 1.54) is 0 Å². The smallest absolute Gasteiger partial charge is 0.160 e. The summed E-state index contributed by atoms with van der Waals surface area (Å²) in [6.07, 6.45) is 1.41. The van der Waals surface area contributed by atoms with Crippen LogP contribution in [0.25, 0.3) is 0 Å². The number of ether oxygens (including phenoxy) is 2. The SMILES string of the molecule is CCCOCC(=O)CCOC. The van der Waals surface area contributed by atoms with Gasteiger partial charge in [-0.3, -0.25) is 4.79 Å². The molecule has 3 heteroatoms. The zero-order valence-corrected chi connectivity index (χ0v) is 7.26. The Morgan fingerprint density at radius 2 is 2.09 bits per heavy atom. The monoisotopic (exact) mass is 160 g/mol. The zero-order valence-electron chi connectivity index (χ0n) is 7.26. The number of hydrogen-bond donors (Lipinski definition) is 0. The molecule has 0 spiro atoms. The largest absolute Gasteiger partial charge is 0.384 e. The van der Waals surface area contributed by atoms with Crippen molar-refractivity contribution in [2.45, 2.75) is 19.8 Å². The van der Waals surface area contributed by atoms with Crippen LogP contribution in [0.15, 0.2) is 0 Å². The molecule has 0 saturated heterocycles. The number of Topliss-reactive ketones (excluding diaryl/α,β-unsaturated/α-hetero) is 1. The molecule has 0 aromatic carbocycles. The third-order valence-electron chi connectivity index (χ3n) is 1.20. The van der Waals surface area contributed by atoms with Crippen LogP contribution in [-0.4, -0.2) is 32.7 Å². The van der Waals surface area contributed by atoms with E-state index in [2.05, 4.69) is 0 Å². The molecule has 0 amide bonds. The van der Waals surface area contributed by atoms with E-state index in [-0.39, 0.29) is 12.4 Å². The minimum Gasteiger partial charge on any atom is -0.384 e. The molecule has 0 rings (SSSR count). The quantitative estimate of drug-likeness (QED) is 0.521. The van der Waals surface area contributed by atoms with E-state index >= 15 is 0 Å². The fourth-order valence-corrected chi connectivity index (χ4v) is 0.618. The van der Waals surface area contributed by atoms with E-state index in [0.29, 0.717) is 19.6 Å². The normalized spacial score (nSPS) is 10.0. The Kier molecular flexibility index (Phi) is 7.41. The summed E-state index contributed by atoms with van der Waals surface area (Å²) in [5.41, 5.74) is 0. The predicted molar refractivity (Wildman–Crippen MR) is 42.6 cm³/mol. The summed E-state index contributed by atoms with van der Waals surface area (Å²) in [7, 11) is 1.58. The third-order valence-corrected chi connectivity index (χ3v) is 1.20. The number of carbonyl (C=O) groups excluding carboxylic acids is 1. The fraction of sp³-hybridized carbons (Fsp3) is 0.875. The Morgan fingerprint density at radius 1 is 1.36 bits per heavy atom. The van der Waals surface area contributed by atoms with Crippen molar-refractivity contribution >= 4 is 5.78 Å². The van der Waals surface area contributed by atoms with Gasteiger partial charge in [-0.25, -0.2) is 0 Å². The van der Waals surface area contributed by atoms with Crippen LogP contribution in [0.3, 0.4) is 0 Å². The predicted octanol–water partition coefficient (Wildman–Crippen LogP) is 1.02. The molecule has 3 nitrogen and oxygen atoms in total. The number of rotatable bonds is 7. The molecule has 0 aliphatic carbocycles. The Morgan fingerprint density at radius 3 is 2.64 bits per heavy atom. The van der Waals surface area contributed by atoms with Gasteiger partial charge in [-0.05, 0) is 6.42 Å². The topological polar surface area (TPSA) is 35.5 Å². The van der Waals surface area contributed by atoms with Crippen LogP contribution in [-0.2, 0) is 14.3 Å².